The van der Waals surface area contributed by atoms with Gasteiger partial charge in [0, 0.05) is 12.7 Å². The summed E-state index contributed by atoms with van der Waals surface area (Å²) in [7, 11) is 4.25. The Labute approximate surface area is 99.1 Å². The molecular weight excluding hydrogens is 227 g/mol. The van der Waals surface area contributed by atoms with Crippen molar-refractivity contribution >= 4 is 15.6 Å². The number of amides is 1. The first-order valence-corrected chi connectivity index (χ1v) is 5.98. The summed E-state index contributed by atoms with van der Waals surface area (Å²) in [5.74, 6) is 0.184. The van der Waals surface area contributed by atoms with Crippen LogP contribution in [0.1, 0.15) is 20.8 Å². The van der Waals surface area contributed by atoms with Crippen LogP contribution in [0.15, 0.2) is 5.18 Å². The van der Waals surface area contributed by atoms with Gasteiger partial charge in [-0.05, 0) is 5.92 Å². The van der Waals surface area contributed by atoms with Gasteiger partial charge in [-0.3, -0.25) is 4.79 Å². The van der Waals surface area contributed by atoms with Gasteiger partial charge in [0.25, 0.3) is 0 Å². The van der Waals surface area contributed by atoms with Gasteiger partial charge >= 0.3 is 0 Å². The van der Waals surface area contributed by atoms with E-state index in [1.54, 1.807) is 7.05 Å². The predicted octanol–water partition coefficient (Wildman–Crippen LogP) is 1.47. The van der Waals surface area contributed by atoms with Gasteiger partial charge in [-0.2, -0.15) is 4.91 Å². The molecule has 16 heavy (non-hydrogen) atoms. The number of hydrogen-bond donors (Lipinski definition) is 0. The van der Waals surface area contributed by atoms with E-state index in [9.17, 15) is 9.70 Å². The Hall–Kier alpha value is -0.540. The third kappa shape index (κ3) is 4.99. The zero-order valence-corrected chi connectivity index (χ0v) is 11.4. The largest absolute Gasteiger partial charge is 0.352 e. The van der Waals surface area contributed by atoms with E-state index in [0.717, 1.165) is 6.41 Å². The number of hydrogen-bond acceptors (Lipinski definition) is 4. The molecule has 0 saturated heterocycles. The van der Waals surface area contributed by atoms with Crippen LogP contribution in [0.25, 0.3) is 0 Å². The van der Waals surface area contributed by atoms with Crippen molar-refractivity contribution in [3.05, 3.63) is 4.91 Å². The van der Waals surface area contributed by atoms with E-state index < -0.39 is 0 Å². The quantitative estimate of drug-likeness (QED) is 0.283. The van der Waals surface area contributed by atoms with Crippen LogP contribution in [0, 0.1) is 10.8 Å². The molecule has 5 nitrogen and oxygen atoms in total. The van der Waals surface area contributed by atoms with Crippen LogP contribution in [-0.2, 0) is 9.53 Å². The Balaban J connectivity index is 4.56. The molecule has 0 aromatic carbocycles. The average molecular weight is 248 g/mol. The Morgan fingerprint density at radius 1 is 1.44 bits per heavy atom. The molecule has 0 N–H and O–H groups in total. The SMILES string of the molecule is CC(C)C(CN=O)OC(C(C)P)N(C)C=O. The zero-order valence-electron chi connectivity index (χ0n) is 10.3. The van der Waals surface area contributed by atoms with Crippen LogP contribution < -0.4 is 0 Å². The molecule has 0 radical (unpaired) electrons. The van der Waals surface area contributed by atoms with Gasteiger partial charge in [0.1, 0.15) is 12.8 Å². The van der Waals surface area contributed by atoms with Gasteiger partial charge in [-0.15, -0.1) is 9.24 Å². The zero-order chi connectivity index (χ0) is 12.7. The molecule has 0 aromatic heterocycles. The standard InChI is InChI=1S/C10H21N2O3P/c1-7(2)9(5-11-14)15-10(8(3)16)12(4)6-13/h6-10H,5,16H2,1-4H3. The lowest BCUT2D eigenvalue weighted by Gasteiger charge is -2.32. The highest BCUT2D eigenvalue weighted by atomic mass is 31.0. The van der Waals surface area contributed by atoms with Gasteiger partial charge in [-0.25, -0.2) is 0 Å². The van der Waals surface area contributed by atoms with E-state index >= 15 is 0 Å². The molecule has 0 spiro atoms. The molecule has 0 rings (SSSR count). The molecule has 0 aliphatic carbocycles. The predicted molar refractivity (Wildman–Crippen MR) is 67.2 cm³/mol. The molecule has 94 valence electrons. The van der Waals surface area contributed by atoms with Crippen molar-refractivity contribution in [2.75, 3.05) is 13.6 Å². The lowest BCUT2D eigenvalue weighted by Crippen LogP contribution is -2.43. The molecule has 4 unspecified atom stereocenters. The summed E-state index contributed by atoms with van der Waals surface area (Å²) in [6.07, 6.45) is 0.112. The first kappa shape index (κ1) is 15.5. The van der Waals surface area contributed by atoms with Crippen molar-refractivity contribution in [3.63, 3.8) is 0 Å². The number of nitrogens with zero attached hydrogens (tertiary/aromatic N) is 2. The summed E-state index contributed by atoms with van der Waals surface area (Å²) < 4.78 is 5.75. The Morgan fingerprint density at radius 3 is 2.31 bits per heavy atom. The van der Waals surface area contributed by atoms with Crippen LogP contribution in [0.5, 0.6) is 0 Å². The normalized spacial score (nSPS) is 16.6. The van der Waals surface area contributed by atoms with Crippen molar-refractivity contribution in [2.45, 2.75) is 38.8 Å². The maximum Gasteiger partial charge on any atom is 0.211 e. The van der Waals surface area contributed by atoms with Crippen molar-refractivity contribution in [1.29, 1.82) is 0 Å². The van der Waals surface area contributed by atoms with Crippen molar-refractivity contribution in [2.24, 2.45) is 11.1 Å². The van der Waals surface area contributed by atoms with E-state index in [1.807, 2.05) is 20.8 Å². The summed E-state index contributed by atoms with van der Waals surface area (Å²) in [6.45, 7) is 5.96. The third-order valence-electron chi connectivity index (χ3n) is 2.33. The van der Waals surface area contributed by atoms with Gasteiger partial charge in [0.2, 0.25) is 6.41 Å². The molecule has 0 aliphatic rings. The summed E-state index contributed by atoms with van der Waals surface area (Å²) >= 11 is 0. The highest BCUT2D eigenvalue weighted by Crippen LogP contribution is 2.17. The number of rotatable bonds is 8. The Bertz CT molecular complexity index is 224. The van der Waals surface area contributed by atoms with Gasteiger partial charge in [-0.1, -0.05) is 25.9 Å². The third-order valence-corrected chi connectivity index (χ3v) is 2.66. The second-order valence-electron chi connectivity index (χ2n) is 4.25. The van der Waals surface area contributed by atoms with Crippen LogP contribution >= 0.6 is 9.24 Å². The lowest BCUT2D eigenvalue weighted by atomic mass is 10.1. The van der Waals surface area contributed by atoms with Gasteiger partial charge in [0.15, 0.2) is 0 Å². The van der Waals surface area contributed by atoms with Crippen molar-refractivity contribution < 1.29 is 9.53 Å². The first-order chi connectivity index (χ1) is 7.43. The van der Waals surface area contributed by atoms with Gasteiger partial charge in [0.05, 0.1) is 6.10 Å². The van der Waals surface area contributed by atoms with E-state index in [4.69, 9.17) is 4.74 Å². The highest BCUT2D eigenvalue weighted by Gasteiger charge is 2.25. The fourth-order valence-corrected chi connectivity index (χ4v) is 1.68. The fraction of sp³-hybridized carbons (Fsp3) is 0.900. The number of carbonyl (C=O) groups is 1. The average Bonchev–Trinajstić information content (AvgIpc) is 2.22. The number of nitroso groups, excluding NO2 is 1. The van der Waals surface area contributed by atoms with E-state index in [-0.39, 0.29) is 30.5 Å². The fourth-order valence-electron chi connectivity index (χ4n) is 1.31. The topological polar surface area (TPSA) is 59.0 Å². The van der Waals surface area contributed by atoms with E-state index in [2.05, 4.69) is 14.4 Å². The molecule has 0 aromatic rings. The van der Waals surface area contributed by atoms with E-state index in [1.165, 1.54) is 4.90 Å². The minimum Gasteiger partial charge on any atom is -0.352 e. The van der Waals surface area contributed by atoms with E-state index in [0.29, 0.717) is 0 Å². The number of carbonyl (C=O) groups excluding carboxylic acids is 1. The highest BCUT2D eigenvalue weighted by molar-refractivity contribution is 7.17. The second kappa shape index (κ2) is 7.69. The Morgan fingerprint density at radius 2 is 2.00 bits per heavy atom. The molecule has 6 heteroatoms. The number of ether oxygens (including phenoxy) is 1. The molecule has 0 aliphatic heterocycles. The monoisotopic (exact) mass is 248 g/mol. The molecule has 0 heterocycles. The summed E-state index contributed by atoms with van der Waals surface area (Å²) in [5.41, 5.74) is 0.0862. The van der Waals surface area contributed by atoms with Crippen LogP contribution in [0.4, 0.5) is 0 Å². The molecule has 1 amide bonds. The molecule has 0 fully saturated rings. The van der Waals surface area contributed by atoms with Gasteiger partial charge < -0.3 is 9.64 Å². The Kier molecular flexibility index (Phi) is 7.43. The maximum atomic E-state index is 10.7. The minimum atomic E-state index is -0.350. The summed E-state index contributed by atoms with van der Waals surface area (Å²) in [4.78, 5) is 22.5. The maximum absolute atomic E-state index is 10.7. The first-order valence-electron chi connectivity index (χ1n) is 5.31. The summed E-state index contributed by atoms with van der Waals surface area (Å²) in [6, 6.07) is 0. The minimum absolute atomic E-state index is 0.0862. The van der Waals surface area contributed by atoms with Crippen LogP contribution in [0.2, 0.25) is 0 Å². The van der Waals surface area contributed by atoms with Crippen molar-refractivity contribution in [1.82, 2.24) is 4.90 Å². The smallest absolute Gasteiger partial charge is 0.211 e. The lowest BCUT2D eigenvalue weighted by molar-refractivity contribution is -0.138. The van der Waals surface area contributed by atoms with Crippen LogP contribution in [0.3, 0.4) is 0 Å². The molecular formula is C10H21N2O3P. The molecule has 0 bridgehead atoms. The summed E-state index contributed by atoms with van der Waals surface area (Å²) in [5, 5.41) is 2.87. The van der Waals surface area contributed by atoms with Crippen LogP contribution in [-0.4, -0.2) is 42.9 Å². The van der Waals surface area contributed by atoms with Crippen molar-refractivity contribution in [3.8, 4) is 0 Å². The molecule has 0 saturated carbocycles. The second-order valence-corrected chi connectivity index (χ2v) is 5.30. The molecule has 4 atom stereocenters.